The topological polar surface area (TPSA) is 29.3 Å². The molecule has 22 heavy (non-hydrogen) atoms. The highest BCUT2D eigenvalue weighted by Gasteiger charge is 2.32. The summed E-state index contributed by atoms with van der Waals surface area (Å²) in [7, 11) is 0. The Morgan fingerprint density at radius 2 is 1.27 bits per heavy atom. The molecule has 0 amide bonds. The molecule has 0 radical (unpaired) electrons. The van der Waals surface area contributed by atoms with Gasteiger partial charge in [-0.1, -0.05) is 71.6 Å². The van der Waals surface area contributed by atoms with Gasteiger partial charge in [-0.15, -0.1) is 0 Å². The fourth-order valence-corrected chi connectivity index (χ4v) is 3.92. The second kappa shape index (κ2) is 11.5. The molecule has 0 aromatic heterocycles. The number of unbranched alkanes of at least 4 members (excludes halogenated alkanes) is 7. The third-order valence-corrected chi connectivity index (χ3v) is 5.69. The van der Waals surface area contributed by atoms with Crippen LogP contribution in [-0.2, 0) is 0 Å². The highest BCUT2D eigenvalue weighted by molar-refractivity contribution is 4.90. The molecule has 2 nitrogen and oxygen atoms in total. The summed E-state index contributed by atoms with van der Waals surface area (Å²) in [5, 5.41) is 0. The van der Waals surface area contributed by atoms with Crippen LogP contribution in [0.1, 0.15) is 104 Å². The Morgan fingerprint density at radius 1 is 0.818 bits per heavy atom. The van der Waals surface area contributed by atoms with Crippen molar-refractivity contribution in [2.24, 2.45) is 5.73 Å². The van der Waals surface area contributed by atoms with Crippen LogP contribution in [0.5, 0.6) is 0 Å². The van der Waals surface area contributed by atoms with Gasteiger partial charge in [0.15, 0.2) is 0 Å². The van der Waals surface area contributed by atoms with Crippen molar-refractivity contribution in [3.8, 4) is 0 Å². The van der Waals surface area contributed by atoms with E-state index in [-0.39, 0.29) is 0 Å². The molecule has 0 aliphatic carbocycles. The van der Waals surface area contributed by atoms with Crippen LogP contribution in [0.25, 0.3) is 0 Å². The molecule has 0 spiro atoms. The van der Waals surface area contributed by atoms with Gasteiger partial charge in [0.25, 0.3) is 0 Å². The number of nitrogens with zero attached hydrogens (tertiary/aromatic N) is 1. The largest absolute Gasteiger partial charge is 0.328 e. The molecule has 0 aromatic carbocycles. The maximum atomic E-state index is 6.11. The first kappa shape index (κ1) is 20.0. The fraction of sp³-hybridized carbons (Fsp3) is 1.00. The molecule has 1 saturated heterocycles. The first-order valence-corrected chi connectivity index (χ1v) is 10.1. The van der Waals surface area contributed by atoms with Crippen LogP contribution >= 0.6 is 0 Å². The molecule has 132 valence electrons. The number of hydrogen-bond donors (Lipinski definition) is 1. The molecule has 0 bridgehead atoms. The first-order valence-electron chi connectivity index (χ1n) is 10.1. The zero-order chi connectivity index (χ0) is 16.3. The van der Waals surface area contributed by atoms with E-state index >= 15 is 0 Å². The second-order valence-electron chi connectivity index (χ2n) is 7.80. The van der Waals surface area contributed by atoms with E-state index in [0.29, 0.717) is 11.6 Å². The van der Waals surface area contributed by atoms with Crippen molar-refractivity contribution in [1.29, 1.82) is 0 Å². The zero-order valence-corrected chi connectivity index (χ0v) is 15.7. The second-order valence-corrected chi connectivity index (χ2v) is 7.80. The minimum absolute atomic E-state index is 0.431. The van der Waals surface area contributed by atoms with Gasteiger partial charge in [-0.25, -0.2) is 0 Å². The van der Waals surface area contributed by atoms with Crippen molar-refractivity contribution in [3.05, 3.63) is 0 Å². The SMILES string of the molecule is CCCCCCCC(C)(CCCCCC)N1CCC(N)CC1. The lowest BCUT2D eigenvalue weighted by Crippen LogP contribution is -2.52. The molecule has 1 rings (SSSR count). The van der Waals surface area contributed by atoms with E-state index in [2.05, 4.69) is 25.7 Å². The van der Waals surface area contributed by atoms with Crippen molar-refractivity contribution < 1.29 is 0 Å². The molecule has 1 heterocycles. The van der Waals surface area contributed by atoms with Crippen LogP contribution in [-0.4, -0.2) is 29.6 Å². The summed E-state index contributed by atoms with van der Waals surface area (Å²) in [6.45, 7) is 9.59. The van der Waals surface area contributed by atoms with Crippen LogP contribution in [0, 0.1) is 0 Å². The van der Waals surface area contributed by atoms with Crippen LogP contribution < -0.4 is 5.73 Å². The van der Waals surface area contributed by atoms with Crippen molar-refractivity contribution in [2.75, 3.05) is 13.1 Å². The molecule has 1 fully saturated rings. The number of nitrogens with two attached hydrogens (primary N) is 1. The molecule has 2 heteroatoms. The van der Waals surface area contributed by atoms with Crippen LogP contribution in [0.2, 0.25) is 0 Å². The van der Waals surface area contributed by atoms with Crippen molar-refractivity contribution in [3.63, 3.8) is 0 Å². The predicted octanol–water partition coefficient (Wildman–Crippen LogP) is 5.50. The van der Waals surface area contributed by atoms with E-state index in [9.17, 15) is 0 Å². The Morgan fingerprint density at radius 3 is 1.77 bits per heavy atom. The third-order valence-electron chi connectivity index (χ3n) is 5.69. The summed E-state index contributed by atoms with van der Waals surface area (Å²) in [5.41, 5.74) is 6.54. The van der Waals surface area contributed by atoms with Gasteiger partial charge in [-0.3, -0.25) is 4.90 Å². The fourth-order valence-electron chi connectivity index (χ4n) is 3.92. The molecule has 0 saturated carbocycles. The summed E-state index contributed by atoms with van der Waals surface area (Å²) in [5.74, 6) is 0. The summed E-state index contributed by atoms with van der Waals surface area (Å²) < 4.78 is 0. The Labute approximate surface area is 140 Å². The Kier molecular flexibility index (Phi) is 10.4. The van der Waals surface area contributed by atoms with Crippen molar-refractivity contribution >= 4 is 0 Å². The van der Waals surface area contributed by atoms with Gasteiger partial charge in [-0.2, -0.15) is 0 Å². The Bertz CT molecular complexity index is 258. The van der Waals surface area contributed by atoms with Crippen molar-refractivity contribution in [1.82, 2.24) is 4.90 Å². The molecular weight excluding hydrogens is 268 g/mol. The quantitative estimate of drug-likeness (QED) is 0.482. The highest BCUT2D eigenvalue weighted by atomic mass is 15.2. The standard InChI is InChI=1S/C20H42N2/c1-4-6-8-10-12-16-20(3,15-11-9-7-5-2)22-17-13-19(21)14-18-22/h19H,4-18,21H2,1-3H3. The predicted molar refractivity (Wildman–Crippen MR) is 99.3 cm³/mol. The minimum Gasteiger partial charge on any atom is -0.328 e. The third kappa shape index (κ3) is 7.46. The number of likely N-dealkylation sites (tertiary alicyclic amines) is 1. The van der Waals surface area contributed by atoms with Crippen LogP contribution in [0.3, 0.4) is 0 Å². The number of hydrogen-bond acceptors (Lipinski definition) is 2. The van der Waals surface area contributed by atoms with Crippen LogP contribution in [0.4, 0.5) is 0 Å². The van der Waals surface area contributed by atoms with Gasteiger partial charge >= 0.3 is 0 Å². The van der Waals surface area contributed by atoms with E-state index < -0.39 is 0 Å². The minimum atomic E-state index is 0.431. The molecule has 1 unspecified atom stereocenters. The maximum absolute atomic E-state index is 6.11. The maximum Gasteiger partial charge on any atom is 0.0181 e. The number of piperidine rings is 1. The summed E-state index contributed by atoms with van der Waals surface area (Å²) in [4.78, 5) is 2.78. The molecule has 1 atom stereocenters. The molecule has 1 aliphatic heterocycles. The van der Waals surface area contributed by atoms with E-state index in [0.717, 1.165) is 0 Å². The lowest BCUT2D eigenvalue weighted by molar-refractivity contribution is 0.0555. The van der Waals surface area contributed by atoms with Gasteiger partial charge in [-0.05, 0) is 32.6 Å². The molecule has 1 aliphatic rings. The average molecular weight is 311 g/mol. The van der Waals surface area contributed by atoms with Gasteiger partial charge in [0.1, 0.15) is 0 Å². The monoisotopic (exact) mass is 310 g/mol. The summed E-state index contributed by atoms with van der Waals surface area (Å²) >= 11 is 0. The first-order chi connectivity index (χ1) is 10.6. The van der Waals surface area contributed by atoms with Gasteiger partial charge in [0, 0.05) is 24.7 Å². The average Bonchev–Trinajstić information content (AvgIpc) is 2.52. The van der Waals surface area contributed by atoms with E-state index in [4.69, 9.17) is 5.73 Å². The number of rotatable bonds is 12. The Hall–Kier alpha value is -0.0800. The van der Waals surface area contributed by atoms with E-state index in [1.54, 1.807) is 0 Å². The molecule has 2 N–H and O–H groups in total. The zero-order valence-electron chi connectivity index (χ0n) is 15.7. The van der Waals surface area contributed by atoms with E-state index in [1.165, 1.54) is 96.6 Å². The van der Waals surface area contributed by atoms with Gasteiger partial charge < -0.3 is 5.73 Å². The van der Waals surface area contributed by atoms with Gasteiger partial charge in [0.2, 0.25) is 0 Å². The summed E-state index contributed by atoms with van der Waals surface area (Å²) in [6.07, 6.45) is 17.7. The van der Waals surface area contributed by atoms with E-state index in [1.807, 2.05) is 0 Å². The smallest absolute Gasteiger partial charge is 0.0181 e. The van der Waals surface area contributed by atoms with Crippen molar-refractivity contribution in [2.45, 2.75) is 116 Å². The normalized spacial score (nSPS) is 20.2. The van der Waals surface area contributed by atoms with Gasteiger partial charge in [0.05, 0.1) is 0 Å². The highest BCUT2D eigenvalue weighted by Crippen LogP contribution is 2.31. The molecule has 0 aromatic rings. The van der Waals surface area contributed by atoms with Crippen LogP contribution in [0.15, 0.2) is 0 Å². The Balaban J connectivity index is 2.43. The lowest BCUT2D eigenvalue weighted by Gasteiger charge is -2.45. The summed E-state index contributed by atoms with van der Waals surface area (Å²) in [6, 6.07) is 0.449. The lowest BCUT2D eigenvalue weighted by atomic mass is 9.84. The molecular formula is C20H42N2.